The number of nitrogens with one attached hydrogen (secondary N) is 2. The van der Waals surface area contributed by atoms with Gasteiger partial charge in [-0.15, -0.1) is 11.3 Å². The Morgan fingerprint density at radius 3 is 2.39 bits per heavy atom. The number of fused-ring (bicyclic) bond motifs is 1. The van der Waals surface area contributed by atoms with Crippen LogP contribution in [0.3, 0.4) is 0 Å². The maximum absolute atomic E-state index is 13.2. The van der Waals surface area contributed by atoms with Crippen molar-refractivity contribution in [1.29, 1.82) is 0 Å². The molecule has 31 heavy (non-hydrogen) atoms. The lowest BCUT2D eigenvalue weighted by atomic mass is 9.95. The van der Waals surface area contributed by atoms with Crippen LogP contribution in [0.15, 0.2) is 48.8 Å². The summed E-state index contributed by atoms with van der Waals surface area (Å²) in [6.45, 7) is 0.156. The second-order valence-electron chi connectivity index (χ2n) is 7.51. The lowest BCUT2D eigenvalue weighted by molar-refractivity contribution is -0.117. The predicted molar refractivity (Wildman–Crippen MR) is 119 cm³/mol. The molecular formula is C23H24N4O3S. The first-order valence-electron chi connectivity index (χ1n) is 10.2. The van der Waals surface area contributed by atoms with Crippen molar-refractivity contribution in [1.82, 2.24) is 15.2 Å². The van der Waals surface area contributed by atoms with Crippen LogP contribution in [0.1, 0.15) is 49.6 Å². The number of rotatable bonds is 7. The largest absolute Gasteiger partial charge is 0.368 e. The Morgan fingerprint density at radius 1 is 0.968 bits per heavy atom. The Balaban J connectivity index is 1.46. The number of thiophene rings is 1. The van der Waals surface area contributed by atoms with E-state index in [2.05, 4.69) is 10.6 Å². The van der Waals surface area contributed by atoms with Crippen LogP contribution in [0.4, 0.5) is 0 Å². The van der Waals surface area contributed by atoms with Crippen LogP contribution >= 0.6 is 11.3 Å². The number of aryl methyl sites for hydroxylation is 1. The van der Waals surface area contributed by atoms with Gasteiger partial charge in [-0.25, -0.2) is 0 Å². The SMILES string of the molecule is NC(=O)CNC(=O)c1ccc(CNC(=O)c2c(-n3cccc3)sc3c2CCCC3)cc1. The Kier molecular flexibility index (Phi) is 6.18. The van der Waals surface area contributed by atoms with Gasteiger partial charge in [-0.1, -0.05) is 12.1 Å². The van der Waals surface area contributed by atoms with Gasteiger partial charge in [0.25, 0.3) is 11.8 Å². The minimum atomic E-state index is -0.595. The fourth-order valence-corrected chi connectivity index (χ4v) is 5.10. The molecule has 0 saturated heterocycles. The van der Waals surface area contributed by atoms with Gasteiger partial charge in [0.1, 0.15) is 5.00 Å². The molecule has 4 N–H and O–H groups in total. The molecule has 3 aromatic rings. The third-order valence-electron chi connectivity index (χ3n) is 5.31. The van der Waals surface area contributed by atoms with Crippen molar-refractivity contribution in [2.45, 2.75) is 32.2 Å². The molecule has 4 rings (SSSR count). The first-order chi connectivity index (χ1) is 15.0. The number of primary amides is 1. The van der Waals surface area contributed by atoms with Gasteiger partial charge < -0.3 is 20.9 Å². The number of benzene rings is 1. The molecule has 7 nitrogen and oxygen atoms in total. The Hall–Kier alpha value is -3.39. The van der Waals surface area contributed by atoms with Gasteiger partial charge in [-0.2, -0.15) is 0 Å². The van der Waals surface area contributed by atoms with Gasteiger partial charge in [0.05, 0.1) is 12.1 Å². The van der Waals surface area contributed by atoms with Crippen molar-refractivity contribution < 1.29 is 14.4 Å². The minimum absolute atomic E-state index is 0.0774. The highest BCUT2D eigenvalue weighted by atomic mass is 32.1. The number of aromatic nitrogens is 1. The molecule has 0 spiro atoms. The fourth-order valence-electron chi connectivity index (χ4n) is 3.75. The number of nitrogens with zero attached hydrogens (tertiary/aromatic N) is 1. The molecule has 0 saturated carbocycles. The van der Waals surface area contributed by atoms with Gasteiger partial charge >= 0.3 is 0 Å². The van der Waals surface area contributed by atoms with Crippen molar-refractivity contribution in [3.8, 4) is 5.00 Å². The molecule has 1 aliphatic carbocycles. The smallest absolute Gasteiger partial charge is 0.254 e. The number of nitrogens with two attached hydrogens (primary N) is 1. The Morgan fingerprint density at radius 2 is 1.68 bits per heavy atom. The van der Waals surface area contributed by atoms with Crippen molar-refractivity contribution in [2.24, 2.45) is 5.73 Å². The maximum Gasteiger partial charge on any atom is 0.254 e. The molecule has 3 amide bonds. The number of carbonyl (C=O) groups excluding carboxylic acids is 3. The maximum atomic E-state index is 13.2. The molecule has 0 aliphatic heterocycles. The molecule has 0 atom stereocenters. The van der Waals surface area contributed by atoms with Crippen LogP contribution in [0.5, 0.6) is 0 Å². The third-order valence-corrected chi connectivity index (χ3v) is 6.62. The molecule has 0 fully saturated rings. The lowest BCUT2D eigenvalue weighted by Crippen LogP contribution is -2.33. The standard InChI is InChI=1S/C23H24N4O3S/c24-19(28)14-26-21(29)16-9-7-15(8-10-16)13-25-22(30)20-17-5-1-2-6-18(17)31-23(20)27-11-3-4-12-27/h3-4,7-12H,1-2,5-6,13-14H2,(H2,24,28)(H,25,30)(H,26,29). The van der Waals surface area contributed by atoms with Crippen molar-refractivity contribution in [3.63, 3.8) is 0 Å². The van der Waals surface area contributed by atoms with E-state index in [0.29, 0.717) is 12.1 Å². The number of hydrogen-bond acceptors (Lipinski definition) is 4. The van der Waals surface area contributed by atoms with E-state index >= 15 is 0 Å². The predicted octanol–water partition coefficient (Wildman–Crippen LogP) is 2.56. The summed E-state index contributed by atoms with van der Waals surface area (Å²) >= 11 is 1.71. The Labute approximate surface area is 184 Å². The van der Waals surface area contributed by atoms with E-state index < -0.39 is 5.91 Å². The zero-order valence-electron chi connectivity index (χ0n) is 17.0. The number of amides is 3. The summed E-state index contributed by atoms with van der Waals surface area (Å²) in [6.07, 6.45) is 8.17. The summed E-state index contributed by atoms with van der Waals surface area (Å²) in [5, 5.41) is 6.45. The molecule has 0 bridgehead atoms. The average Bonchev–Trinajstić information content (AvgIpc) is 3.44. The van der Waals surface area contributed by atoms with E-state index in [4.69, 9.17) is 5.73 Å². The molecule has 0 unspecified atom stereocenters. The van der Waals surface area contributed by atoms with Crippen LogP contribution in [0, 0.1) is 0 Å². The second kappa shape index (κ2) is 9.18. The second-order valence-corrected chi connectivity index (χ2v) is 8.59. The molecular weight excluding hydrogens is 412 g/mol. The average molecular weight is 437 g/mol. The van der Waals surface area contributed by atoms with Crippen molar-refractivity contribution in [2.75, 3.05) is 6.54 Å². The van der Waals surface area contributed by atoms with E-state index in [1.165, 1.54) is 16.9 Å². The lowest BCUT2D eigenvalue weighted by Gasteiger charge is -2.13. The summed E-state index contributed by atoms with van der Waals surface area (Å²) in [7, 11) is 0. The van der Waals surface area contributed by atoms with E-state index in [1.807, 2.05) is 29.1 Å². The highest BCUT2D eigenvalue weighted by Crippen LogP contribution is 2.36. The van der Waals surface area contributed by atoms with Crippen LogP contribution in [-0.2, 0) is 24.2 Å². The highest BCUT2D eigenvalue weighted by Gasteiger charge is 2.26. The summed E-state index contributed by atoms with van der Waals surface area (Å²) in [4.78, 5) is 37.2. The summed E-state index contributed by atoms with van der Waals surface area (Å²) in [5.41, 5.74) is 8.31. The van der Waals surface area contributed by atoms with Crippen LogP contribution in [0.25, 0.3) is 5.00 Å². The minimum Gasteiger partial charge on any atom is -0.368 e. The molecule has 1 aromatic carbocycles. The van der Waals surface area contributed by atoms with E-state index in [9.17, 15) is 14.4 Å². The van der Waals surface area contributed by atoms with Gasteiger partial charge in [-0.3, -0.25) is 14.4 Å². The molecule has 0 radical (unpaired) electrons. The first kappa shape index (κ1) is 20.9. The number of carbonyl (C=O) groups is 3. The first-order valence-corrected chi connectivity index (χ1v) is 11.1. The van der Waals surface area contributed by atoms with Crippen molar-refractivity contribution >= 4 is 29.1 Å². The van der Waals surface area contributed by atoms with Crippen LogP contribution in [-0.4, -0.2) is 28.8 Å². The molecule has 2 heterocycles. The number of hydrogen-bond donors (Lipinski definition) is 3. The fraction of sp³-hybridized carbons (Fsp3) is 0.261. The zero-order chi connectivity index (χ0) is 21.8. The van der Waals surface area contributed by atoms with E-state index in [-0.39, 0.29) is 18.4 Å². The third kappa shape index (κ3) is 4.69. The Bertz CT molecular complexity index is 1100. The monoisotopic (exact) mass is 436 g/mol. The molecule has 160 valence electrons. The molecule has 2 aromatic heterocycles. The van der Waals surface area contributed by atoms with Gasteiger partial charge in [0, 0.05) is 29.4 Å². The molecule has 1 aliphatic rings. The quantitative estimate of drug-likeness (QED) is 0.530. The van der Waals surface area contributed by atoms with Crippen LogP contribution < -0.4 is 16.4 Å². The topological polar surface area (TPSA) is 106 Å². The zero-order valence-corrected chi connectivity index (χ0v) is 17.8. The van der Waals surface area contributed by atoms with Crippen LogP contribution in [0.2, 0.25) is 0 Å². The van der Waals surface area contributed by atoms with E-state index in [0.717, 1.165) is 35.4 Å². The summed E-state index contributed by atoms with van der Waals surface area (Å²) in [5.74, 6) is -1.04. The van der Waals surface area contributed by atoms with E-state index in [1.54, 1.807) is 35.6 Å². The normalized spacial score (nSPS) is 12.8. The summed E-state index contributed by atoms with van der Waals surface area (Å²) in [6, 6.07) is 10.8. The molecule has 8 heteroatoms. The summed E-state index contributed by atoms with van der Waals surface area (Å²) < 4.78 is 2.01. The van der Waals surface area contributed by atoms with Gasteiger partial charge in [0.2, 0.25) is 5.91 Å². The van der Waals surface area contributed by atoms with Gasteiger partial charge in [-0.05, 0) is 61.1 Å². The van der Waals surface area contributed by atoms with Crippen molar-refractivity contribution in [3.05, 3.63) is 75.9 Å². The van der Waals surface area contributed by atoms with Gasteiger partial charge in [0.15, 0.2) is 0 Å². The highest BCUT2D eigenvalue weighted by molar-refractivity contribution is 7.15.